The molecule has 0 saturated heterocycles. The molecule has 3 aromatic carbocycles. The molecule has 2 N–H and O–H groups in total. The Bertz CT molecular complexity index is 929. The second kappa shape index (κ2) is 10.8. The first kappa shape index (κ1) is 23.3. The summed E-state index contributed by atoms with van der Waals surface area (Å²) in [6.45, 7) is 1.37. The molecule has 0 heterocycles. The van der Waals surface area contributed by atoms with Crippen LogP contribution in [0.5, 0.6) is 5.75 Å². The van der Waals surface area contributed by atoms with Crippen LogP contribution in [-0.2, 0) is 5.60 Å². The fourth-order valence-electron chi connectivity index (χ4n) is 3.86. The Kier molecular flexibility index (Phi) is 8.10. The van der Waals surface area contributed by atoms with Crippen LogP contribution in [0, 0.1) is 0 Å². The molecule has 2 atom stereocenters. The molecule has 0 aliphatic carbocycles. The summed E-state index contributed by atoms with van der Waals surface area (Å²) in [6, 6.07) is 24.6. The molecule has 0 saturated carbocycles. The largest absolute Gasteiger partial charge is 0.492 e. The van der Waals surface area contributed by atoms with E-state index in [4.69, 9.17) is 16.3 Å². The van der Waals surface area contributed by atoms with Crippen molar-refractivity contribution in [2.45, 2.75) is 17.9 Å². The predicted octanol–water partition coefficient (Wildman–Crippen LogP) is 4.68. The standard InChI is InChI=1S/C26H30ClNO3/c1-28(2)17-19-31-24-14-10-22(11-15-24)26(30,21-8-12-23(27)13-9-21)25(16-18-29)20-6-4-3-5-7-20/h3-15,25,29-30H,16-19H2,1-2H3. The van der Waals surface area contributed by atoms with Gasteiger partial charge in [0.1, 0.15) is 18.0 Å². The van der Waals surface area contributed by atoms with Gasteiger partial charge in [0, 0.05) is 24.1 Å². The number of nitrogens with zero attached hydrogens (tertiary/aromatic N) is 1. The van der Waals surface area contributed by atoms with Crippen LogP contribution < -0.4 is 4.74 Å². The molecule has 0 fully saturated rings. The maximum absolute atomic E-state index is 12.2. The lowest BCUT2D eigenvalue weighted by Gasteiger charge is -2.38. The quantitative estimate of drug-likeness (QED) is 0.481. The number of aliphatic hydroxyl groups excluding tert-OH is 1. The first-order valence-electron chi connectivity index (χ1n) is 10.5. The smallest absolute Gasteiger partial charge is 0.121 e. The van der Waals surface area contributed by atoms with Crippen molar-refractivity contribution in [2.75, 3.05) is 33.9 Å². The summed E-state index contributed by atoms with van der Waals surface area (Å²) in [5, 5.41) is 22.7. The predicted molar refractivity (Wildman–Crippen MR) is 126 cm³/mol. The summed E-state index contributed by atoms with van der Waals surface area (Å²) in [5.41, 5.74) is 1.06. The van der Waals surface area contributed by atoms with Crippen molar-refractivity contribution < 1.29 is 14.9 Å². The van der Waals surface area contributed by atoms with Crippen molar-refractivity contribution in [3.8, 4) is 5.75 Å². The molecule has 0 spiro atoms. The summed E-state index contributed by atoms with van der Waals surface area (Å²) in [5.74, 6) is 0.405. The molecule has 164 valence electrons. The van der Waals surface area contributed by atoms with E-state index in [0.29, 0.717) is 18.1 Å². The van der Waals surface area contributed by atoms with E-state index in [1.807, 2.05) is 80.8 Å². The van der Waals surface area contributed by atoms with Crippen LogP contribution in [0.25, 0.3) is 0 Å². The monoisotopic (exact) mass is 439 g/mol. The zero-order valence-corrected chi connectivity index (χ0v) is 18.8. The Morgan fingerprint density at radius 1 is 0.903 bits per heavy atom. The zero-order chi connectivity index (χ0) is 22.3. The van der Waals surface area contributed by atoms with Crippen LogP contribution >= 0.6 is 11.6 Å². The van der Waals surface area contributed by atoms with Crippen LogP contribution in [0.1, 0.15) is 29.0 Å². The maximum atomic E-state index is 12.2. The minimum Gasteiger partial charge on any atom is -0.492 e. The molecular formula is C26H30ClNO3. The van der Waals surface area contributed by atoms with E-state index < -0.39 is 5.60 Å². The minimum atomic E-state index is -1.35. The number of halogens is 1. The van der Waals surface area contributed by atoms with Crippen LogP contribution in [0.2, 0.25) is 5.02 Å². The van der Waals surface area contributed by atoms with Gasteiger partial charge in [0.25, 0.3) is 0 Å². The molecule has 31 heavy (non-hydrogen) atoms. The fraction of sp³-hybridized carbons (Fsp3) is 0.308. The van der Waals surface area contributed by atoms with E-state index in [-0.39, 0.29) is 12.5 Å². The lowest BCUT2D eigenvalue weighted by Crippen LogP contribution is -2.35. The number of likely N-dealkylation sites (N-methyl/N-ethyl adjacent to an activating group) is 1. The average Bonchev–Trinajstić information content (AvgIpc) is 2.78. The normalized spacial score (nSPS) is 14.3. The summed E-state index contributed by atoms with van der Waals surface area (Å²) >= 11 is 6.12. The third-order valence-electron chi connectivity index (χ3n) is 5.51. The summed E-state index contributed by atoms with van der Waals surface area (Å²) < 4.78 is 5.82. The molecule has 0 radical (unpaired) electrons. The Balaban J connectivity index is 2.02. The van der Waals surface area contributed by atoms with Crippen LogP contribution in [-0.4, -0.2) is 49.0 Å². The van der Waals surface area contributed by atoms with E-state index in [0.717, 1.165) is 29.0 Å². The van der Waals surface area contributed by atoms with Gasteiger partial charge in [-0.15, -0.1) is 0 Å². The second-order valence-electron chi connectivity index (χ2n) is 7.92. The molecule has 4 nitrogen and oxygen atoms in total. The average molecular weight is 440 g/mol. The fourth-order valence-corrected chi connectivity index (χ4v) is 3.98. The molecule has 5 heteroatoms. The highest BCUT2D eigenvalue weighted by Crippen LogP contribution is 2.45. The van der Waals surface area contributed by atoms with Crippen molar-refractivity contribution in [3.05, 3.63) is 101 Å². The molecule has 2 unspecified atom stereocenters. The van der Waals surface area contributed by atoms with Crippen molar-refractivity contribution in [1.29, 1.82) is 0 Å². The summed E-state index contributed by atoms with van der Waals surface area (Å²) in [7, 11) is 4.01. The van der Waals surface area contributed by atoms with E-state index in [2.05, 4.69) is 4.90 Å². The first-order valence-corrected chi connectivity index (χ1v) is 10.8. The van der Waals surface area contributed by atoms with E-state index in [9.17, 15) is 10.2 Å². The molecule has 0 amide bonds. The zero-order valence-electron chi connectivity index (χ0n) is 18.0. The maximum Gasteiger partial charge on any atom is 0.121 e. The number of rotatable bonds is 10. The number of benzene rings is 3. The highest BCUT2D eigenvalue weighted by molar-refractivity contribution is 6.30. The number of ether oxygens (including phenoxy) is 1. The van der Waals surface area contributed by atoms with Gasteiger partial charge in [-0.3, -0.25) is 0 Å². The van der Waals surface area contributed by atoms with Crippen molar-refractivity contribution in [3.63, 3.8) is 0 Å². The third kappa shape index (κ3) is 5.66. The molecular weight excluding hydrogens is 410 g/mol. The Hall–Kier alpha value is -2.37. The number of hydrogen-bond donors (Lipinski definition) is 2. The van der Waals surface area contributed by atoms with Gasteiger partial charge in [0.15, 0.2) is 0 Å². The van der Waals surface area contributed by atoms with Gasteiger partial charge in [-0.2, -0.15) is 0 Å². The third-order valence-corrected chi connectivity index (χ3v) is 5.76. The topological polar surface area (TPSA) is 52.9 Å². The van der Waals surface area contributed by atoms with E-state index >= 15 is 0 Å². The van der Waals surface area contributed by atoms with Crippen molar-refractivity contribution in [2.24, 2.45) is 0 Å². The first-order chi connectivity index (χ1) is 14.9. The number of aliphatic hydroxyl groups is 2. The number of hydrogen-bond acceptors (Lipinski definition) is 4. The van der Waals surface area contributed by atoms with Gasteiger partial charge in [-0.1, -0.05) is 66.2 Å². The Labute approximate surface area is 189 Å². The van der Waals surface area contributed by atoms with Gasteiger partial charge in [-0.05, 0) is 61.5 Å². The van der Waals surface area contributed by atoms with E-state index in [1.54, 1.807) is 12.1 Å². The Morgan fingerprint density at radius 3 is 2.03 bits per heavy atom. The van der Waals surface area contributed by atoms with Gasteiger partial charge >= 0.3 is 0 Å². The lowest BCUT2D eigenvalue weighted by atomic mass is 9.71. The van der Waals surface area contributed by atoms with Crippen LogP contribution in [0.15, 0.2) is 78.9 Å². The molecule has 0 aromatic heterocycles. The SMILES string of the molecule is CN(C)CCOc1ccc(C(O)(c2ccc(Cl)cc2)C(CCO)c2ccccc2)cc1. The molecule has 0 aliphatic rings. The summed E-state index contributed by atoms with van der Waals surface area (Å²) in [4.78, 5) is 2.06. The van der Waals surface area contributed by atoms with Crippen LogP contribution in [0.3, 0.4) is 0 Å². The van der Waals surface area contributed by atoms with Crippen molar-refractivity contribution >= 4 is 11.6 Å². The summed E-state index contributed by atoms with van der Waals surface area (Å²) in [6.07, 6.45) is 0.407. The van der Waals surface area contributed by atoms with Gasteiger partial charge in [0.2, 0.25) is 0 Å². The minimum absolute atomic E-state index is 0.0405. The molecule has 3 aromatic rings. The molecule has 0 aliphatic heterocycles. The van der Waals surface area contributed by atoms with Gasteiger partial charge < -0.3 is 19.8 Å². The van der Waals surface area contributed by atoms with Gasteiger partial charge in [0.05, 0.1) is 0 Å². The Morgan fingerprint density at radius 2 is 1.48 bits per heavy atom. The highest BCUT2D eigenvalue weighted by Gasteiger charge is 2.40. The molecule has 0 bridgehead atoms. The highest BCUT2D eigenvalue weighted by atomic mass is 35.5. The van der Waals surface area contributed by atoms with Crippen LogP contribution in [0.4, 0.5) is 0 Å². The molecule has 3 rings (SSSR count). The lowest BCUT2D eigenvalue weighted by molar-refractivity contribution is 0.0393. The van der Waals surface area contributed by atoms with E-state index in [1.165, 1.54) is 0 Å². The second-order valence-corrected chi connectivity index (χ2v) is 8.36. The van der Waals surface area contributed by atoms with Gasteiger partial charge in [-0.25, -0.2) is 0 Å². The van der Waals surface area contributed by atoms with Crippen molar-refractivity contribution in [1.82, 2.24) is 4.90 Å².